The maximum absolute atomic E-state index is 4.16. The van der Waals surface area contributed by atoms with Crippen molar-refractivity contribution < 1.29 is 0 Å². The van der Waals surface area contributed by atoms with Gasteiger partial charge < -0.3 is 5.32 Å². The molecule has 0 amide bonds. The zero-order valence-electron chi connectivity index (χ0n) is 8.95. The average Bonchev–Trinajstić information content (AvgIpc) is 2.61. The fraction of sp³-hybridized carbons (Fsp3) is 0.250. The van der Waals surface area contributed by atoms with Crippen LogP contribution < -0.4 is 5.32 Å². The lowest BCUT2D eigenvalue weighted by molar-refractivity contribution is 1.14. The Kier molecular flexibility index (Phi) is 3.02. The molecule has 0 aliphatic heterocycles. The van der Waals surface area contributed by atoms with Crippen LogP contribution in [0, 0.1) is 13.8 Å². The molecule has 2 aromatic rings. The number of hydrogen-bond acceptors (Lipinski definition) is 3. The Bertz CT molecular complexity index is 448. The summed E-state index contributed by atoms with van der Waals surface area (Å²) >= 11 is 1.79. The first-order valence-corrected chi connectivity index (χ1v) is 5.83. The van der Waals surface area contributed by atoms with Crippen LogP contribution in [0.1, 0.15) is 16.1 Å². The van der Waals surface area contributed by atoms with E-state index in [0.29, 0.717) is 0 Å². The number of pyridine rings is 1. The Morgan fingerprint density at radius 1 is 1.33 bits per heavy atom. The van der Waals surface area contributed by atoms with Gasteiger partial charge in [-0.15, -0.1) is 11.3 Å². The van der Waals surface area contributed by atoms with Crippen LogP contribution in [0.25, 0.3) is 0 Å². The Morgan fingerprint density at radius 3 is 2.87 bits per heavy atom. The van der Waals surface area contributed by atoms with Crippen LogP contribution in [-0.2, 0) is 6.54 Å². The molecule has 0 radical (unpaired) electrons. The van der Waals surface area contributed by atoms with Crippen molar-refractivity contribution in [2.45, 2.75) is 20.4 Å². The second kappa shape index (κ2) is 4.45. The third kappa shape index (κ3) is 2.57. The van der Waals surface area contributed by atoms with Crippen LogP contribution in [0.5, 0.6) is 0 Å². The van der Waals surface area contributed by atoms with Gasteiger partial charge in [0.1, 0.15) is 0 Å². The Balaban J connectivity index is 2.02. The van der Waals surface area contributed by atoms with Gasteiger partial charge in [0.15, 0.2) is 0 Å². The van der Waals surface area contributed by atoms with Crippen molar-refractivity contribution in [2.75, 3.05) is 5.32 Å². The highest BCUT2D eigenvalue weighted by atomic mass is 32.1. The molecule has 0 aliphatic rings. The molecule has 0 bridgehead atoms. The smallest absolute Gasteiger partial charge is 0.0496 e. The molecule has 2 aromatic heterocycles. The highest BCUT2D eigenvalue weighted by molar-refractivity contribution is 7.10. The third-order valence-corrected chi connectivity index (χ3v) is 3.34. The zero-order chi connectivity index (χ0) is 10.7. The Hall–Kier alpha value is -1.35. The lowest BCUT2D eigenvalue weighted by Crippen LogP contribution is -1.99. The van der Waals surface area contributed by atoms with Gasteiger partial charge >= 0.3 is 0 Å². The first-order valence-electron chi connectivity index (χ1n) is 4.95. The number of nitrogens with one attached hydrogen (secondary N) is 1. The number of anilines is 1. The first kappa shape index (κ1) is 10.2. The van der Waals surface area contributed by atoms with Gasteiger partial charge in [0.2, 0.25) is 0 Å². The van der Waals surface area contributed by atoms with Gasteiger partial charge in [-0.3, -0.25) is 4.98 Å². The van der Waals surface area contributed by atoms with Gasteiger partial charge in [0, 0.05) is 29.0 Å². The fourth-order valence-corrected chi connectivity index (χ4v) is 2.27. The molecule has 0 spiro atoms. The molecule has 78 valence electrons. The number of rotatable bonds is 3. The standard InChI is InChI=1S/C12H14N2S/c1-9-4-6-15-12(9)8-14-11-3-5-13-10(2)7-11/h3-7H,8H2,1-2H3,(H,13,14). The molecule has 3 heteroatoms. The van der Waals surface area contributed by atoms with E-state index in [0.717, 1.165) is 17.9 Å². The van der Waals surface area contributed by atoms with Gasteiger partial charge in [-0.1, -0.05) is 0 Å². The highest BCUT2D eigenvalue weighted by Crippen LogP contribution is 2.17. The first-order chi connectivity index (χ1) is 7.25. The van der Waals surface area contributed by atoms with Crippen LogP contribution in [0.3, 0.4) is 0 Å². The lowest BCUT2D eigenvalue weighted by atomic mass is 10.3. The molecule has 0 fully saturated rings. The SMILES string of the molecule is Cc1cc(NCc2sccc2C)ccn1. The van der Waals surface area contributed by atoms with Crippen LogP contribution in [0.15, 0.2) is 29.8 Å². The predicted molar refractivity (Wildman–Crippen MR) is 65.4 cm³/mol. The average molecular weight is 218 g/mol. The van der Waals surface area contributed by atoms with Crippen molar-refractivity contribution >= 4 is 17.0 Å². The van der Waals surface area contributed by atoms with Crippen molar-refractivity contribution in [2.24, 2.45) is 0 Å². The third-order valence-electron chi connectivity index (χ3n) is 2.32. The maximum atomic E-state index is 4.16. The number of thiophene rings is 1. The summed E-state index contributed by atoms with van der Waals surface area (Å²) in [5.74, 6) is 0. The van der Waals surface area contributed by atoms with E-state index in [1.807, 2.05) is 19.2 Å². The van der Waals surface area contributed by atoms with Crippen molar-refractivity contribution in [1.29, 1.82) is 0 Å². The van der Waals surface area contributed by atoms with Gasteiger partial charge in [-0.05, 0) is 43.0 Å². The summed E-state index contributed by atoms with van der Waals surface area (Å²) in [6.07, 6.45) is 1.83. The topological polar surface area (TPSA) is 24.9 Å². The minimum atomic E-state index is 0.896. The minimum Gasteiger partial charge on any atom is -0.380 e. The molecule has 0 unspecified atom stereocenters. The molecular weight excluding hydrogens is 204 g/mol. The summed E-state index contributed by atoms with van der Waals surface area (Å²) in [6.45, 7) is 5.04. The number of aryl methyl sites for hydroxylation is 2. The molecule has 0 saturated heterocycles. The number of aromatic nitrogens is 1. The number of nitrogens with zero attached hydrogens (tertiary/aromatic N) is 1. The number of hydrogen-bond donors (Lipinski definition) is 1. The zero-order valence-corrected chi connectivity index (χ0v) is 9.77. The molecule has 0 aromatic carbocycles. The minimum absolute atomic E-state index is 0.896. The van der Waals surface area contributed by atoms with E-state index in [9.17, 15) is 0 Å². The van der Waals surface area contributed by atoms with E-state index in [-0.39, 0.29) is 0 Å². The molecule has 2 rings (SSSR count). The van der Waals surface area contributed by atoms with Gasteiger partial charge in [-0.25, -0.2) is 0 Å². The molecule has 2 nitrogen and oxygen atoms in total. The van der Waals surface area contributed by atoms with Crippen LogP contribution in [0.4, 0.5) is 5.69 Å². The normalized spacial score (nSPS) is 10.3. The molecule has 15 heavy (non-hydrogen) atoms. The molecule has 0 saturated carbocycles. The van der Waals surface area contributed by atoms with Gasteiger partial charge in [-0.2, -0.15) is 0 Å². The maximum Gasteiger partial charge on any atom is 0.0496 e. The van der Waals surface area contributed by atoms with E-state index in [1.165, 1.54) is 10.4 Å². The summed E-state index contributed by atoms with van der Waals surface area (Å²) < 4.78 is 0. The molecule has 2 heterocycles. The van der Waals surface area contributed by atoms with Crippen molar-refractivity contribution in [1.82, 2.24) is 4.98 Å². The van der Waals surface area contributed by atoms with E-state index in [1.54, 1.807) is 11.3 Å². The van der Waals surface area contributed by atoms with Crippen molar-refractivity contribution in [3.05, 3.63) is 45.9 Å². The monoisotopic (exact) mass is 218 g/mol. The van der Waals surface area contributed by atoms with Gasteiger partial charge in [0.05, 0.1) is 0 Å². The summed E-state index contributed by atoms with van der Waals surface area (Å²) in [6, 6.07) is 6.21. The summed E-state index contributed by atoms with van der Waals surface area (Å²) in [5, 5.41) is 5.53. The van der Waals surface area contributed by atoms with Crippen LogP contribution in [0.2, 0.25) is 0 Å². The van der Waals surface area contributed by atoms with Crippen LogP contribution in [-0.4, -0.2) is 4.98 Å². The summed E-state index contributed by atoms with van der Waals surface area (Å²) in [4.78, 5) is 5.56. The van der Waals surface area contributed by atoms with E-state index < -0.39 is 0 Å². The summed E-state index contributed by atoms with van der Waals surface area (Å²) in [7, 11) is 0. The predicted octanol–water partition coefficient (Wildman–Crippen LogP) is 3.37. The largest absolute Gasteiger partial charge is 0.380 e. The van der Waals surface area contributed by atoms with Crippen molar-refractivity contribution in [3.8, 4) is 0 Å². The van der Waals surface area contributed by atoms with Gasteiger partial charge in [0.25, 0.3) is 0 Å². The van der Waals surface area contributed by atoms with E-state index >= 15 is 0 Å². The van der Waals surface area contributed by atoms with E-state index in [4.69, 9.17) is 0 Å². The van der Waals surface area contributed by atoms with Crippen molar-refractivity contribution in [3.63, 3.8) is 0 Å². The van der Waals surface area contributed by atoms with E-state index in [2.05, 4.69) is 34.7 Å². The lowest BCUT2D eigenvalue weighted by Gasteiger charge is -2.05. The summed E-state index contributed by atoms with van der Waals surface area (Å²) in [5.41, 5.74) is 3.54. The molecular formula is C12H14N2S. The Labute approximate surface area is 94.0 Å². The van der Waals surface area contributed by atoms with Crippen LogP contribution >= 0.6 is 11.3 Å². The molecule has 0 atom stereocenters. The molecule has 0 aliphatic carbocycles. The quantitative estimate of drug-likeness (QED) is 0.854. The Morgan fingerprint density at radius 2 is 2.20 bits per heavy atom. The fourth-order valence-electron chi connectivity index (χ4n) is 1.42. The highest BCUT2D eigenvalue weighted by Gasteiger charge is 1.99. The second-order valence-electron chi connectivity index (χ2n) is 3.57. The molecule has 1 N–H and O–H groups in total. The second-order valence-corrected chi connectivity index (χ2v) is 4.57.